The van der Waals surface area contributed by atoms with Crippen molar-refractivity contribution in [2.75, 3.05) is 26.2 Å². The lowest BCUT2D eigenvalue weighted by Gasteiger charge is -2.40. The number of rotatable bonds is 2. The maximum absolute atomic E-state index is 12.0. The van der Waals surface area contributed by atoms with E-state index in [1.54, 1.807) is 4.90 Å². The molecule has 2 saturated heterocycles. The van der Waals surface area contributed by atoms with E-state index in [-0.39, 0.29) is 31.5 Å². The normalized spacial score (nSPS) is 25.5. The number of hydrogen-bond acceptors (Lipinski definition) is 5. The molecular weight excluding hydrogens is 288 g/mol. The van der Waals surface area contributed by atoms with Crippen LogP contribution >= 0.6 is 0 Å². The van der Waals surface area contributed by atoms with Gasteiger partial charge in [0.05, 0.1) is 18.1 Å². The third-order valence-corrected chi connectivity index (χ3v) is 4.03. The average molecular weight is 314 g/mol. The van der Waals surface area contributed by atoms with Gasteiger partial charge < -0.3 is 24.7 Å². The fourth-order valence-corrected chi connectivity index (χ4v) is 2.85. The summed E-state index contributed by atoms with van der Waals surface area (Å²) in [5.74, 6) is -0.129. The molecule has 22 heavy (non-hydrogen) atoms. The summed E-state index contributed by atoms with van der Waals surface area (Å²) in [5, 5.41) is 20.1. The quantitative estimate of drug-likeness (QED) is 0.767. The zero-order valence-electron chi connectivity index (χ0n) is 13.5. The van der Waals surface area contributed by atoms with Crippen LogP contribution in [0.2, 0.25) is 0 Å². The third kappa shape index (κ3) is 4.33. The van der Waals surface area contributed by atoms with Crippen molar-refractivity contribution in [2.24, 2.45) is 0 Å². The number of carbonyl (C=O) groups excluding carboxylic acids is 2. The number of amides is 2. The Morgan fingerprint density at radius 1 is 1.36 bits per heavy atom. The van der Waals surface area contributed by atoms with Gasteiger partial charge in [-0.3, -0.25) is 4.79 Å². The van der Waals surface area contributed by atoms with Crippen LogP contribution < -0.4 is 0 Å². The summed E-state index contributed by atoms with van der Waals surface area (Å²) in [5.41, 5.74) is -1.54. The van der Waals surface area contributed by atoms with Crippen LogP contribution in [0.15, 0.2) is 0 Å². The molecule has 1 atom stereocenters. The maximum Gasteiger partial charge on any atom is 0.410 e. The molecule has 0 radical (unpaired) electrons. The number of piperidine rings is 1. The number of carbonyl (C=O) groups is 2. The van der Waals surface area contributed by atoms with Gasteiger partial charge in [-0.2, -0.15) is 0 Å². The van der Waals surface area contributed by atoms with Crippen molar-refractivity contribution in [3.8, 4) is 0 Å². The summed E-state index contributed by atoms with van der Waals surface area (Å²) in [6.07, 6.45) is -0.0987. The van der Waals surface area contributed by atoms with Gasteiger partial charge in [-0.15, -0.1) is 0 Å². The van der Waals surface area contributed by atoms with Crippen molar-refractivity contribution in [3.05, 3.63) is 0 Å². The molecule has 2 aliphatic rings. The molecule has 0 aromatic carbocycles. The van der Waals surface area contributed by atoms with Crippen molar-refractivity contribution < 1.29 is 24.5 Å². The van der Waals surface area contributed by atoms with E-state index < -0.39 is 17.3 Å². The zero-order valence-corrected chi connectivity index (χ0v) is 13.5. The predicted octanol–water partition coefficient (Wildman–Crippen LogP) is 0.342. The Bertz CT molecular complexity index is 438. The summed E-state index contributed by atoms with van der Waals surface area (Å²) < 4.78 is 5.32. The van der Waals surface area contributed by atoms with Crippen molar-refractivity contribution >= 4 is 12.0 Å². The van der Waals surface area contributed by atoms with Crippen LogP contribution in [-0.4, -0.2) is 75.5 Å². The first-order chi connectivity index (χ1) is 10.1. The molecule has 0 spiro atoms. The van der Waals surface area contributed by atoms with E-state index >= 15 is 0 Å². The lowest BCUT2D eigenvalue weighted by atomic mass is 9.91. The predicted molar refractivity (Wildman–Crippen MR) is 79.2 cm³/mol. The number of ether oxygens (including phenoxy) is 1. The van der Waals surface area contributed by atoms with E-state index in [9.17, 15) is 19.8 Å². The molecule has 7 nitrogen and oxygen atoms in total. The molecular formula is C15H26N2O5. The summed E-state index contributed by atoms with van der Waals surface area (Å²) >= 11 is 0. The molecule has 2 heterocycles. The van der Waals surface area contributed by atoms with Crippen LogP contribution in [0.25, 0.3) is 0 Å². The van der Waals surface area contributed by atoms with Gasteiger partial charge in [-0.05, 0) is 33.6 Å². The Kier molecular flexibility index (Phi) is 4.67. The standard InChI is InChI=1S/C15H26N2O5/c1-14(2,3)22-13(20)16-6-4-15(21,5-7-16)10-17-9-11(18)8-12(17)19/h11,18,21H,4-10H2,1-3H3. The Balaban J connectivity index is 1.85. The van der Waals surface area contributed by atoms with Crippen molar-refractivity contribution in [1.29, 1.82) is 0 Å². The van der Waals surface area contributed by atoms with Crippen LogP contribution in [0.3, 0.4) is 0 Å². The highest BCUT2D eigenvalue weighted by atomic mass is 16.6. The van der Waals surface area contributed by atoms with E-state index in [0.29, 0.717) is 25.9 Å². The van der Waals surface area contributed by atoms with Crippen molar-refractivity contribution in [3.63, 3.8) is 0 Å². The van der Waals surface area contributed by atoms with Crippen LogP contribution in [0.4, 0.5) is 4.79 Å². The Morgan fingerprint density at radius 2 is 1.95 bits per heavy atom. The first-order valence-electron chi connectivity index (χ1n) is 7.74. The monoisotopic (exact) mass is 314 g/mol. The fourth-order valence-electron chi connectivity index (χ4n) is 2.85. The molecule has 0 aromatic rings. The molecule has 2 N–H and O–H groups in total. The highest BCUT2D eigenvalue weighted by Crippen LogP contribution is 2.26. The molecule has 0 bridgehead atoms. The Labute approximate surface area is 130 Å². The number of aliphatic hydroxyl groups excluding tert-OH is 1. The van der Waals surface area contributed by atoms with Gasteiger partial charge in [0.1, 0.15) is 5.60 Å². The molecule has 2 fully saturated rings. The highest BCUT2D eigenvalue weighted by Gasteiger charge is 2.39. The van der Waals surface area contributed by atoms with Gasteiger partial charge >= 0.3 is 6.09 Å². The fraction of sp³-hybridized carbons (Fsp3) is 0.867. The van der Waals surface area contributed by atoms with Crippen LogP contribution in [0.5, 0.6) is 0 Å². The number of likely N-dealkylation sites (tertiary alicyclic amines) is 2. The largest absolute Gasteiger partial charge is 0.444 e. The second-order valence-electron chi connectivity index (χ2n) is 7.32. The lowest BCUT2D eigenvalue weighted by Crippen LogP contribution is -2.53. The average Bonchev–Trinajstić information content (AvgIpc) is 2.65. The second-order valence-corrected chi connectivity index (χ2v) is 7.32. The van der Waals surface area contributed by atoms with Crippen molar-refractivity contribution in [1.82, 2.24) is 9.80 Å². The number of β-amino-alcohol motifs (C(OH)–C–C–N with tert-alkyl or cyclic N) is 2. The molecule has 2 aliphatic heterocycles. The number of nitrogens with zero attached hydrogens (tertiary/aromatic N) is 2. The molecule has 2 rings (SSSR count). The zero-order chi connectivity index (χ0) is 16.5. The van der Waals surface area contributed by atoms with E-state index in [4.69, 9.17) is 4.74 Å². The smallest absolute Gasteiger partial charge is 0.410 e. The van der Waals surface area contributed by atoms with E-state index in [2.05, 4.69) is 0 Å². The third-order valence-electron chi connectivity index (χ3n) is 4.03. The molecule has 0 aromatic heterocycles. The molecule has 0 saturated carbocycles. The van der Waals surface area contributed by atoms with Crippen molar-refractivity contribution in [2.45, 2.75) is 57.3 Å². The Hall–Kier alpha value is -1.34. The van der Waals surface area contributed by atoms with Crippen LogP contribution in [-0.2, 0) is 9.53 Å². The molecule has 1 unspecified atom stereocenters. The van der Waals surface area contributed by atoms with Crippen LogP contribution in [0.1, 0.15) is 40.0 Å². The van der Waals surface area contributed by atoms with Gasteiger partial charge in [0.15, 0.2) is 0 Å². The minimum atomic E-state index is -1.00. The van der Waals surface area contributed by atoms with Crippen LogP contribution in [0, 0.1) is 0 Å². The number of hydrogen-bond donors (Lipinski definition) is 2. The summed E-state index contributed by atoms with van der Waals surface area (Å²) in [7, 11) is 0. The summed E-state index contributed by atoms with van der Waals surface area (Å²) in [6, 6.07) is 0. The van der Waals surface area contributed by atoms with E-state index in [1.807, 2.05) is 20.8 Å². The second kappa shape index (κ2) is 6.04. The summed E-state index contributed by atoms with van der Waals surface area (Å²) in [6.45, 7) is 6.73. The number of aliphatic hydroxyl groups is 2. The molecule has 0 aliphatic carbocycles. The lowest BCUT2D eigenvalue weighted by molar-refractivity contribution is -0.132. The van der Waals surface area contributed by atoms with Gasteiger partial charge in [-0.1, -0.05) is 0 Å². The summed E-state index contributed by atoms with van der Waals surface area (Å²) in [4.78, 5) is 26.8. The molecule has 7 heteroatoms. The van der Waals surface area contributed by atoms with Gasteiger partial charge in [0.25, 0.3) is 0 Å². The van der Waals surface area contributed by atoms with E-state index in [1.165, 1.54) is 4.90 Å². The first-order valence-corrected chi connectivity index (χ1v) is 7.74. The van der Waals surface area contributed by atoms with E-state index in [0.717, 1.165) is 0 Å². The van der Waals surface area contributed by atoms with Gasteiger partial charge in [-0.25, -0.2) is 4.79 Å². The maximum atomic E-state index is 12.0. The molecule has 2 amide bonds. The Morgan fingerprint density at radius 3 is 2.41 bits per heavy atom. The SMILES string of the molecule is CC(C)(C)OC(=O)N1CCC(O)(CN2CC(O)CC2=O)CC1. The topological polar surface area (TPSA) is 90.3 Å². The minimum Gasteiger partial charge on any atom is -0.444 e. The van der Waals surface area contributed by atoms with Gasteiger partial charge in [0, 0.05) is 26.2 Å². The highest BCUT2D eigenvalue weighted by molar-refractivity contribution is 5.79. The molecule has 126 valence electrons. The van der Waals surface area contributed by atoms with Gasteiger partial charge in [0.2, 0.25) is 5.91 Å². The minimum absolute atomic E-state index is 0.125. The first kappa shape index (κ1) is 17.0.